The monoisotopic (exact) mass is 434 g/mol. The lowest BCUT2D eigenvalue weighted by atomic mass is 10.1. The third-order valence-corrected chi connectivity index (χ3v) is 3.01. The number of carbonyl (C=O) groups is 1. The van der Waals surface area contributed by atoms with Crippen LogP contribution in [-0.2, 0) is 11.3 Å². The fourth-order valence-electron chi connectivity index (χ4n) is 1.84. The number of rotatable bonds is 8. The van der Waals surface area contributed by atoms with Crippen LogP contribution in [0.3, 0.4) is 0 Å². The van der Waals surface area contributed by atoms with Crippen LogP contribution >= 0.6 is 24.0 Å². The van der Waals surface area contributed by atoms with Crippen molar-refractivity contribution in [3.63, 3.8) is 0 Å². The number of nitrogens with one attached hydrogen (secondary N) is 3. The number of hydrogen-bond acceptors (Lipinski definition) is 3. The minimum absolute atomic E-state index is 0. The summed E-state index contributed by atoms with van der Waals surface area (Å²) in [5, 5.41) is 9.22. The quantitative estimate of drug-likeness (QED) is 0.252. The lowest BCUT2D eigenvalue weighted by molar-refractivity contribution is 0.0953. The van der Waals surface area contributed by atoms with E-state index >= 15 is 0 Å². The molecule has 1 amide bonds. The second-order valence-corrected chi connectivity index (χ2v) is 4.80. The van der Waals surface area contributed by atoms with Gasteiger partial charge < -0.3 is 20.7 Å². The summed E-state index contributed by atoms with van der Waals surface area (Å²) in [5.41, 5.74) is 1.70. The van der Waals surface area contributed by atoms with Gasteiger partial charge in [0.05, 0.1) is 6.61 Å². The number of aliphatic imine (C=N–C) groups is 1. The SMILES string of the molecule is CCCNC(=O)c1cccc(CNC(=NC)NCCOC)c1.I. The largest absolute Gasteiger partial charge is 0.383 e. The van der Waals surface area contributed by atoms with Gasteiger partial charge in [-0.1, -0.05) is 19.1 Å². The van der Waals surface area contributed by atoms with Crippen molar-refractivity contribution in [2.24, 2.45) is 4.99 Å². The Morgan fingerprint density at radius 3 is 2.65 bits per heavy atom. The van der Waals surface area contributed by atoms with E-state index in [0.717, 1.165) is 12.0 Å². The number of guanidine groups is 1. The van der Waals surface area contributed by atoms with Crippen LogP contribution in [0.2, 0.25) is 0 Å². The van der Waals surface area contributed by atoms with E-state index in [-0.39, 0.29) is 29.9 Å². The molecule has 0 fully saturated rings. The number of nitrogens with zero attached hydrogens (tertiary/aromatic N) is 1. The zero-order valence-corrected chi connectivity index (χ0v) is 16.3. The summed E-state index contributed by atoms with van der Waals surface area (Å²) in [6, 6.07) is 7.57. The molecule has 0 spiro atoms. The highest BCUT2D eigenvalue weighted by Gasteiger charge is 2.05. The average molecular weight is 434 g/mol. The van der Waals surface area contributed by atoms with Crippen LogP contribution in [0.4, 0.5) is 0 Å². The summed E-state index contributed by atoms with van der Waals surface area (Å²) in [5.74, 6) is 0.671. The summed E-state index contributed by atoms with van der Waals surface area (Å²) in [4.78, 5) is 16.1. The van der Waals surface area contributed by atoms with Crippen molar-refractivity contribution < 1.29 is 9.53 Å². The Balaban J connectivity index is 0.00000484. The third-order valence-electron chi connectivity index (χ3n) is 3.01. The average Bonchev–Trinajstić information content (AvgIpc) is 2.56. The van der Waals surface area contributed by atoms with E-state index in [4.69, 9.17) is 4.74 Å². The summed E-state index contributed by atoms with van der Waals surface area (Å²) in [6.07, 6.45) is 0.927. The van der Waals surface area contributed by atoms with Crippen molar-refractivity contribution >= 4 is 35.8 Å². The van der Waals surface area contributed by atoms with Crippen molar-refractivity contribution in [2.75, 3.05) is 33.9 Å². The Morgan fingerprint density at radius 2 is 2.00 bits per heavy atom. The zero-order valence-electron chi connectivity index (χ0n) is 14.0. The van der Waals surface area contributed by atoms with E-state index in [2.05, 4.69) is 20.9 Å². The Kier molecular flexibility index (Phi) is 12.4. The van der Waals surface area contributed by atoms with Crippen molar-refractivity contribution in [3.05, 3.63) is 35.4 Å². The number of ether oxygens (including phenoxy) is 1. The molecule has 0 saturated heterocycles. The molecule has 0 unspecified atom stereocenters. The van der Waals surface area contributed by atoms with Gasteiger partial charge in [-0.05, 0) is 24.1 Å². The summed E-state index contributed by atoms with van der Waals surface area (Å²) in [7, 11) is 3.38. The molecule has 0 radical (unpaired) electrons. The fourth-order valence-corrected chi connectivity index (χ4v) is 1.84. The normalized spacial score (nSPS) is 10.7. The first-order valence-electron chi connectivity index (χ1n) is 7.51. The Labute approximate surface area is 155 Å². The van der Waals surface area contributed by atoms with Crippen LogP contribution in [0.15, 0.2) is 29.3 Å². The predicted octanol–water partition coefficient (Wildman–Crippen LogP) is 1.76. The van der Waals surface area contributed by atoms with Gasteiger partial charge in [-0.25, -0.2) is 0 Å². The smallest absolute Gasteiger partial charge is 0.251 e. The topological polar surface area (TPSA) is 74.8 Å². The van der Waals surface area contributed by atoms with Crippen molar-refractivity contribution in [2.45, 2.75) is 19.9 Å². The first-order chi connectivity index (χ1) is 10.7. The molecule has 130 valence electrons. The fraction of sp³-hybridized carbons (Fsp3) is 0.500. The molecule has 1 aromatic rings. The molecule has 0 saturated carbocycles. The molecule has 0 aliphatic heterocycles. The van der Waals surface area contributed by atoms with Gasteiger partial charge in [-0.15, -0.1) is 24.0 Å². The van der Waals surface area contributed by atoms with Crippen LogP contribution in [0.25, 0.3) is 0 Å². The summed E-state index contributed by atoms with van der Waals surface area (Å²) < 4.78 is 4.98. The van der Waals surface area contributed by atoms with E-state index in [9.17, 15) is 4.79 Å². The van der Waals surface area contributed by atoms with E-state index < -0.39 is 0 Å². The van der Waals surface area contributed by atoms with Gasteiger partial charge >= 0.3 is 0 Å². The zero-order chi connectivity index (χ0) is 16.2. The molecule has 6 nitrogen and oxygen atoms in total. The van der Waals surface area contributed by atoms with Gasteiger partial charge in [0, 0.05) is 39.4 Å². The van der Waals surface area contributed by atoms with Gasteiger partial charge in [0.2, 0.25) is 0 Å². The summed E-state index contributed by atoms with van der Waals surface area (Å²) in [6.45, 7) is 4.63. The van der Waals surface area contributed by atoms with Gasteiger partial charge in [0.1, 0.15) is 0 Å². The molecule has 0 aliphatic rings. The van der Waals surface area contributed by atoms with Crippen molar-refractivity contribution in [1.29, 1.82) is 0 Å². The van der Waals surface area contributed by atoms with E-state index in [0.29, 0.717) is 37.8 Å². The van der Waals surface area contributed by atoms with Gasteiger partial charge in [0.25, 0.3) is 5.91 Å². The maximum Gasteiger partial charge on any atom is 0.251 e. The second kappa shape index (κ2) is 13.1. The maximum atomic E-state index is 11.9. The highest BCUT2D eigenvalue weighted by molar-refractivity contribution is 14.0. The molecule has 0 heterocycles. The van der Waals surface area contributed by atoms with Crippen LogP contribution in [0.1, 0.15) is 29.3 Å². The Hall–Kier alpha value is -1.35. The standard InChI is InChI=1S/C16H26N4O2.HI/c1-4-8-18-15(21)14-7-5-6-13(11-14)12-20-16(17-2)19-9-10-22-3;/h5-7,11H,4,8-10,12H2,1-3H3,(H,18,21)(H2,17,19,20);1H. The number of carbonyl (C=O) groups excluding carboxylic acids is 1. The maximum absolute atomic E-state index is 11.9. The molecule has 1 aromatic carbocycles. The molecular formula is C16H27IN4O2. The number of amides is 1. The molecule has 23 heavy (non-hydrogen) atoms. The lowest BCUT2D eigenvalue weighted by Crippen LogP contribution is -2.38. The third kappa shape index (κ3) is 8.75. The lowest BCUT2D eigenvalue weighted by Gasteiger charge is -2.12. The molecule has 0 aromatic heterocycles. The number of hydrogen-bond donors (Lipinski definition) is 3. The van der Waals surface area contributed by atoms with E-state index in [1.54, 1.807) is 14.2 Å². The first-order valence-corrected chi connectivity index (χ1v) is 7.51. The molecular weight excluding hydrogens is 407 g/mol. The highest BCUT2D eigenvalue weighted by atomic mass is 127. The van der Waals surface area contributed by atoms with Crippen LogP contribution in [0, 0.1) is 0 Å². The minimum Gasteiger partial charge on any atom is -0.383 e. The number of halogens is 1. The molecule has 0 bridgehead atoms. The molecule has 0 aliphatic carbocycles. The number of benzene rings is 1. The predicted molar refractivity (Wildman–Crippen MR) is 105 cm³/mol. The van der Waals surface area contributed by atoms with Gasteiger partial charge in [0.15, 0.2) is 5.96 Å². The molecule has 1 rings (SSSR count). The molecule has 7 heteroatoms. The van der Waals surface area contributed by atoms with Crippen LogP contribution < -0.4 is 16.0 Å². The molecule has 0 atom stereocenters. The Morgan fingerprint density at radius 1 is 1.22 bits per heavy atom. The second-order valence-electron chi connectivity index (χ2n) is 4.80. The Bertz CT molecular complexity index is 495. The summed E-state index contributed by atoms with van der Waals surface area (Å²) >= 11 is 0. The van der Waals surface area contributed by atoms with Gasteiger partial charge in [-0.3, -0.25) is 9.79 Å². The number of methoxy groups -OCH3 is 1. The van der Waals surface area contributed by atoms with Crippen molar-refractivity contribution in [1.82, 2.24) is 16.0 Å². The molecule has 3 N–H and O–H groups in total. The van der Waals surface area contributed by atoms with Gasteiger partial charge in [-0.2, -0.15) is 0 Å². The van der Waals surface area contributed by atoms with E-state index in [1.807, 2.05) is 31.2 Å². The first kappa shape index (κ1) is 21.6. The highest BCUT2D eigenvalue weighted by Crippen LogP contribution is 2.05. The minimum atomic E-state index is -0.0358. The van der Waals surface area contributed by atoms with Crippen LogP contribution in [0.5, 0.6) is 0 Å². The van der Waals surface area contributed by atoms with Crippen LogP contribution in [-0.4, -0.2) is 45.7 Å². The van der Waals surface area contributed by atoms with Crippen molar-refractivity contribution in [3.8, 4) is 0 Å². The van der Waals surface area contributed by atoms with E-state index in [1.165, 1.54) is 0 Å².